The number of hydrogen-bond acceptors (Lipinski definition) is 4. The van der Waals surface area contributed by atoms with Gasteiger partial charge in [-0.2, -0.15) is 0 Å². The Morgan fingerprint density at radius 2 is 2.00 bits per heavy atom. The first-order valence-electron chi connectivity index (χ1n) is 5.94. The van der Waals surface area contributed by atoms with Crippen molar-refractivity contribution in [3.8, 4) is 0 Å². The largest absolute Gasteiger partial charge is 0.462 e. The number of ether oxygens (including phenoxy) is 1. The van der Waals surface area contributed by atoms with Crippen molar-refractivity contribution in [3.05, 3.63) is 29.3 Å². The average Bonchev–Trinajstić information content (AvgIpc) is 2.27. The zero-order valence-corrected chi connectivity index (χ0v) is 12.7. The van der Waals surface area contributed by atoms with Crippen LogP contribution >= 0.6 is 10.7 Å². The predicted molar refractivity (Wildman–Crippen MR) is 74.0 cm³/mol. The van der Waals surface area contributed by atoms with E-state index in [1.54, 1.807) is 6.92 Å². The number of benzene rings is 1. The molecule has 0 aliphatic heterocycles. The van der Waals surface area contributed by atoms with Crippen LogP contribution in [0, 0.1) is 12.8 Å². The number of rotatable bonds is 5. The van der Waals surface area contributed by atoms with Gasteiger partial charge >= 0.3 is 5.97 Å². The van der Waals surface area contributed by atoms with Crippen LogP contribution in [0.25, 0.3) is 0 Å². The minimum Gasteiger partial charge on any atom is -0.462 e. The van der Waals surface area contributed by atoms with Gasteiger partial charge in [0.2, 0.25) is 0 Å². The van der Waals surface area contributed by atoms with Crippen LogP contribution in [0.1, 0.15) is 36.2 Å². The smallest absolute Gasteiger partial charge is 0.338 e. The zero-order valence-electron chi connectivity index (χ0n) is 11.1. The summed E-state index contributed by atoms with van der Waals surface area (Å²) >= 11 is 0. The van der Waals surface area contributed by atoms with Gasteiger partial charge < -0.3 is 4.74 Å². The summed E-state index contributed by atoms with van der Waals surface area (Å²) in [5.74, 6) is -0.105. The number of hydrogen-bond donors (Lipinski definition) is 0. The normalized spacial score (nSPS) is 11.6. The molecule has 0 unspecified atom stereocenters. The molecule has 0 bridgehead atoms. The Labute approximate surface area is 118 Å². The summed E-state index contributed by atoms with van der Waals surface area (Å²) < 4.78 is 27.8. The molecule has 6 heteroatoms. The van der Waals surface area contributed by atoms with E-state index in [1.165, 1.54) is 18.2 Å². The highest BCUT2D eigenvalue weighted by Crippen LogP contribution is 2.21. The average molecular weight is 305 g/mol. The summed E-state index contributed by atoms with van der Waals surface area (Å²) in [5.41, 5.74) is 0.683. The van der Waals surface area contributed by atoms with Gasteiger partial charge in [0, 0.05) is 10.7 Å². The first kappa shape index (κ1) is 16.0. The van der Waals surface area contributed by atoms with Crippen molar-refractivity contribution < 1.29 is 17.9 Å². The molecule has 0 radical (unpaired) electrons. The second kappa shape index (κ2) is 6.39. The molecule has 0 amide bonds. The second-order valence-corrected chi connectivity index (χ2v) is 7.27. The summed E-state index contributed by atoms with van der Waals surface area (Å²) in [6.45, 7) is 5.98. The SMILES string of the molecule is Cc1ccc(C(=O)OCCC(C)C)cc1S(=O)(=O)Cl. The van der Waals surface area contributed by atoms with Gasteiger partial charge in [0.15, 0.2) is 0 Å². The van der Waals surface area contributed by atoms with Crippen molar-refractivity contribution in [1.82, 2.24) is 0 Å². The number of carbonyl (C=O) groups excluding carboxylic acids is 1. The number of esters is 1. The molecule has 0 aromatic heterocycles. The van der Waals surface area contributed by atoms with Gasteiger partial charge in [-0.15, -0.1) is 0 Å². The van der Waals surface area contributed by atoms with Crippen LogP contribution in [-0.2, 0) is 13.8 Å². The molecule has 1 rings (SSSR count). The highest BCUT2D eigenvalue weighted by atomic mass is 35.7. The highest BCUT2D eigenvalue weighted by Gasteiger charge is 2.17. The van der Waals surface area contributed by atoms with E-state index >= 15 is 0 Å². The molecule has 0 aliphatic carbocycles. The quantitative estimate of drug-likeness (QED) is 0.619. The lowest BCUT2D eigenvalue weighted by Crippen LogP contribution is -2.09. The first-order chi connectivity index (χ1) is 8.71. The Morgan fingerprint density at radius 3 is 2.53 bits per heavy atom. The van der Waals surface area contributed by atoms with Gasteiger partial charge in [0.1, 0.15) is 0 Å². The van der Waals surface area contributed by atoms with Crippen molar-refractivity contribution in [2.45, 2.75) is 32.1 Å². The van der Waals surface area contributed by atoms with Crippen LogP contribution in [0.5, 0.6) is 0 Å². The van der Waals surface area contributed by atoms with Crippen LogP contribution < -0.4 is 0 Å². The Hall–Kier alpha value is -1.07. The van der Waals surface area contributed by atoms with E-state index in [0.29, 0.717) is 18.1 Å². The maximum absolute atomic E-state index is 11.8. The molecular formula is C13H17ClO4S. The van der Waals surface area contributed by atoms with Gasteiger partial charge in [-0.3, -0.25) is 0 Å². The third-order valence-electron chi connectivity index (χ3n) is 2.61. The zero-order chi connectivity index (χ0) is 14.6. The number of halogens is 1. The van der Waals surface area contributed by atoms with E-state index in [2.05, 4.69) is 0 Å². The van der Waals surface area contributed by atoms with Gasteiger partial charge in [-0.05, 0) is 37.0 Å². The molecule has 0 fully saturated rings. The van der Waals surface area contributed by atoms with Crippen LogP contribution in [0.2, 0.25) is 0 Å². The lowest BCUT2D eigenvalue weighted by molar-refractivity contribution is 0.0488. The summed E-state index contributed by atoms with van der Waals surface area (Å²) in [6.07, 6.45) is 0.762. The molecule has 0 heterocycles. The van der Waals surface area contributed by atoms with Crippen molar-refractivity contribution in [2.75, 3.05) is 6.61 Å². The Kier molecular flexibility index (Phi) is 5.38. The molecule has 1 aromatic carbocycles. The van der Waals surface area contributed by atoms with E-state index in [4.69, 9.17) is 15.4 Å². The molecule has 19 heavy (non-hydrogen) atoms. The first-order valence-corrected chi connectivity index (χ1v) is 8.25. The maximum Gasteiger partial charge on any atom is 0.338 e. The van der Waals surface area contributed by atoms with Crippen LogP contribution in [0.4, 0.5) is 0 Å². The van der Waals surface area contributed by atoms with Crippen molar-refractivity contribution in [1.29, 1.82) is 0 Å². The molecule has 106 valence electrons. The fraction of sp³-hybridized carbons (Fsp3) is 0.462. The Morgan fingerprint density at radius 1 is 1.37 bits per heavy atom. The molecular weight excluding hydrogens is 288 g/mol. The highest BCUT2D eigenvalue weighted by molar-refractivity contribution is 8.13. The van der Waals surface area contributed by atoms with Crippen molar-refractivity contribution in [2.24, 2.45) is 5.92 Å². The number of aryl methyl sites for hydroxylation is 1. The predicted octanol–water partition coefficient (Wildman–Crippen LogP) is 3.13. The molecule has 0 saturated heterocycles. The molecule has 0 spiro atoms. The minimum absolute atomic E-state index is 0.0625. The van der Waals surface area contributed by atoms with Crippen LogP contribution in [-0.4, -0.2) is 21.0 Å². The monoisotopic (exact) mass is 304 g/mol. The lowest BCUT2D eigenvalue weighted by Gasteiger charge is -2.08. The summed E-state index contributed by atoms with van der Waals surface area (Å²) in [4.78, 5) is 11.7. The van der Waals surface area contributed by atoms with E-state index in [9.17, 15) is 13.2 Å². The van der Waals surface area contributed by atoms with Crippen molar-refractivity contribution in [3.63, 3.8) is 0 Å². The summed E-state index contributed by atoms with van der Waals surface area (Å²) in [5, 5.41) is 0. The van der Waals surface area contributed by atoms with Gasteiger partial charge in [0.05, 0.1) is 17.1 Å². The topological polar surface area (TPSA) is 60.4 Å². The molecule has 4 nitrogen and oxygen atoms in total. The summed E-state index contributed by atoms with van der Waals surface area (Å²) in [7, 11) is 1.45. The minimum atomic E-state index is -3.86. The third-order valence-corrected chi connectivity index (χ3v) is 4.08. The van der Waals surface area contributed by atoms with Crippen molar-refractivity contribution >= 4 is 25.7 Å². The Balaban J connectivity index is 2.88. The molecule has 0 saturated carbocycles. The van der Waals surface area contributed by atoms with E-state index < -0.39 is 15.0 Å². The van der Waals surface area contributed by atoms with E-state index in [-0.39, 0.29) is 10.5 Å². The number of carbonyl (C=O) groups is 1. The van der Waals surface area contributed by atoms with Gasteiger partial charge in [-0.25, -0.2) is 13.2 Å². The third kappa shape index (κ3) is 4.84. The van der Waals surface area contributed by atoms with Crippen LogP contribution in [0.3, 0.4) is 0 Å². The lowest BCUT2D eigenvalue weighted by atomic mass is 10.1. The molecule has 0 N–H and O–H groups in total. The molecule has 1 aromatic rings. The standard InChI is InChI=1S/C13H17ClO4S/c1-9(2)6-7-18-13(15)11-5-4-10(3)12(8-11)19(14,16)17/h4-5,8-9H,6-7H2,1-3H3. The second-order valence-electron chi connectivity index (χ2n) is 4.74. The summed E-state index contributed by atoms with van der Waals surface area (Å²) in [6, 6.07) is 4.31. The van der Waals surface area contributed by atoms with E-state index in [1.807, 2.05) is 13.8 Å². The molecule has 0 aliphatic rings. The fourth-order valence-electron chi connectivity index (χ4n) is 1.46. The maximum atomic E-state index is 11.8. The van der Waals surface area contributed by atoms with Gasteiger partial charge in [-0.1, -0.05) is 19.9 Å². The van der Waals surface area contributed by atoms with Crippen LogP contribution in [0.15, 0.2) is 23.1 Å². The Bertz CT molecular complexity index is 564. The molecule has 0 atom stereocenters. The van der Waals surface area contributed by atoms with Gasteiger partial charge in [0.25, 0.3) is 9.05 Å². The van der Waals surface area contributed by atoms with E-state index in [0.717, 1.165) is 6.42 Å². The fourth-order valence-corrected chi connectivity index (χ4v) is 2.68.